The predicted octanol–water partition coefficient (Wildman–Crippen LogP) is 15.3. The van der Waals surface area contributed by atoms with Crippen LogP contribution in [0.25, 0.3) is 0 Å². The molecule has 10 bridgehead atoms. The van der Waals surface area contributed by atoms with Crippen LogP contribution >= 0.6 is 0 Å². The van der Waals surface area contributed by atoms with Gasteiger partial charge in [0.25, 0.3) is 0 Å². The fourth-order valence-electron chi connectivity index (χ4n) is 16.3. The summed E-state index contributed by atoms with van der Waals surface area (Å²) in [5.41, 5.74) is 35.3. The number of para-hydroxylation sites is 2. The lowest BCUT2D eigenvalue weighted by atomic mass is 9.34. The third-order valence-corrected chi connectivity index (χ3v) is 20.3. The van der Waals surface area contributed by atoms with Crippen LogP contribution in [0, 0.1) is 107 Å². The van der Waals surface area contributed by atoms with Gasteiger partial charge in [-0.25, -0.2) is 0 Å². The number of hydrogen-bond acceptors (Lipinski definition) is 7. The summed E-state index contributed by atoms with van der Waals surface area (Å²) in [7, 11) is 0. The lowest BCUT2D eigenvalue weighted by Crippen LogP contribution is -2.55. The topological polar surface area (TPSA) is 64.6 Å². The van der Waals surface area contributed by atoms with Crippen LogP contribution in [0.2, 0.25) is 0 Å². The molecule has 0 fully saturated rings. The van der Waals surface area contributed by atoms with Gasteiger partial charge < -0.3 is 33.2 Å². The van der Waals surface area contributed by atoms with Crippen molar-refractivity contribution in [1.82, 2.24) is 0 Å². The van der Waals surface area contributed by atoms with Gasteiger partial charge in [0.15, 0.2) is 0 Å². The zero-order valence-corrected chi connectivity index (χ0v) is 63.3. The van der Waals surface area contributed by atoms with Crippen molar-refractivity contribution in [3.8, 4) is 46.7 Å². The van der Waals surface area contributed by atoms with Gasteiger partial charge in [0.2, 0.25) is 13.4 Å². The van der Waals surface area contributed by atoms with Gasteiger partial charge in [-0.2, -0.15) is 0 Å². The zero-order valence-electron chi connectivity index (χ0n) is 63.3. The van der Waals surface area contributed by atoms with Crippen molar-refractivity contribution < 1.29 is 33.2 Å². The molecule has 1 aliphatic heterocycles. The second-order valence-corrected chi connectivity index (χ2v) is 28.9. The van der Waals surface area contributed by atoms with Gasteiger partial charge >= 0.3 is 0 Å². The molecule has 524 valence electrons. The van der Waals surface area contributed by atoms with Gasteiger partial charge in [-0.05, 0) is 167 Å². The molecule has 2 aliphatic rings. The van der Waals surface area contributed by atoms with E-state index in [0.29, 0.717) is 91.8 Å². The fourth-order valence-corrected chi connectivity index (χ4v) is 16.3. The summed E-state index contributed by atoms with van der Waals surface area (Å²) < 4.78 is 46.6. The molecule has 1 aliphatic carbocycles. The Kier molecular flexibility index (Phi) is 24.0. The van der Waals surface area contributed by atoms with Gasteiger partial charge in [-0.1, -0.05) is 246 Å². The molecule has 103 heavy (non-hydrogen) atoms. The molecule has 0 aromatic heterocycles. The highest BCUT2D eigenvalue weighted by atomic mass is 16.6. The van der Waals surface area contributed by atoms with E-state index in [9.17, 15) is 0 Å². The van der Waals surface area contributed by atoms with Crippen molar-refractivity contribution in [1.29, 1.82) is 0 Å². The van der Waals surface area contributed by atoms with Gasteiger partial charge in [0.1, 0.15) is 36.2 Å². The van der Waals surface area contributed by atoms with Crippen LogP contribution in [0.5, 0.6) is 23.0 Å². The number of fused-ring (bicyclic) bond motifs is 2. The van der Waals surface area contributed by atoms with Gasteiger partial charge in [-0.15, -0.1) is 0 Å². The minimum absolute atomic E-state index is 0.0579. The number of aryl methyl sites for hydroxylation is 12. The monoisotopic (exact) mass is 1360 g/mol. The zero-order chi connectivity index (χ0) is 72.3. The van der Waals surface area contributed by atoms with Crippen molar-refractivity contribution >= 4 is 46.2 Å². The average molecular weight is 1360 g/mol. The standard InChI is InChI=1S/C94H100B2O7/c1-15-35-100-91-77-19-17-20-78(91)58-82-54-76(26-24-74-29-33-86(34-30-74)96(89-69(11)49-63(5)50-70(89)12)90-71(13)51-64(6)52-72(90)14)56-84-60-80-22-18-21-79(92(80)101-36-16-2)59-83-55-75(53-81(57-77)93(83)102-43-41-98-39-37-97-38-40-99-42-44-103-94(82)84)25-23-73-27-31-85(32-28-73)95(87-65(7)45-61(3)46-66(87)8)88-67(9)47-62(4)48-68(88)10/h17-22,27-34,45-56H,15-16,35-44,57-60H2,1-14H3. The number of ether oxygens (including phenoxy) is 7. The summed E-state index contributed by atoms with van der Waals surface area (Å²) in [5.74, 6) is 18.0. The number of rotatable bonds is 12. The van der Waals surface area contributed by atoms with Crippen LogP contribution in [0.4, 0.5) is 0 Å². The quantitative estimate of drug-likeness (QED) is 0.0892. The van der Waals surface area contributed by atoms with Crippen LogP contribution in [-0.4, -0.2) is 79.5 Å². The third-order valence-electron chi connectivity index (χ3n) is 20.3. The minimum Gasteiger partial charge on any atom is -0.493 e. The van der Waals surface area contributed by atoms with Crippen molar-refractivity contribution in [2.24, 2.45) is 0 Å². The van der Waals surface area contributed by atoms with E-state index in [-0.39, 0.29) is 13.4 Å². The second kappa shape index (κ2) is 33.8. The highest BCUT2D eigenvalue weighted by Gasteiger charge is 2.31. The largest absolute Gasteiger partial charge is 0.493 e. The van der Waals surface area contributed by atoms with E-state index in [0.717, 1.165) is 103 Å². The molecule has 0 radical (unpaired) electrons. The van der Waals surface area contributed by atoms with Crippen molar-refractivity contribution in [2.75, 3.05) is 66.1 Å². The summed E-state index contributed by atoms with van der Waals surface area (Å²) in [4.78, 5) is 0. The number of hydrogen-bond donors (Lipinski definition) is 0. The first kappa shape index (κ1) is 73.3. The smallest absolute Gasteiger partial charge is 0.242 e. The molecule has 12 rings (SSSR count). The fraction of sp³-hybridized carbons (Fsp3) is 0.319. The average Bonchev–Trinajstić information content (AvgIpc) is 0.749. The van der Waals surface area contributed by atoms with E-state index in [2.05, 4.69) is 278 Å². The third kappa shape index (κ3) is 17.4. The maximum atomic E-state index is 7.09. The first-order chi connectivity index (χ1) is 49.9. The second-order valence-electron chi connectivity index (χ2n) is 28.9. The molecule has 9 heteroatoms. The minimum atomic E-state index is 0.0579. The first-order valence-corrected chi connectivity index (χ1v) is 37.2. The number of benzene rings is 10. The van der Waals surface area contributed by atoms with Crippen LogP contribution in [0.3, 0.4) is 0 Å². The maximum absolute atomic E-state index is 7.09. The molecule has 10 aromatic rings. The molecule has 7 nitrogen and oxygen atoms in total. The summed E-state index contributed by atoms with van der Waals surface area (Å²) in [6.07, 6.45) is 3.71. The van der Waals surface area contributed by atoms with Crippen LogP contribution < -0.4 is 51.7 Å². The molecule has 0 saturated carbocycles. The summed E-state index contributed by atoms with van der Waals surface area (Å²) >= 11 is 0. The van der Waals surface area contributed by atoms with Crippen molar-refractivity contribution in [2.45, 2.75) is 135 Å². The normalized spacial score (nSPS) is 13.3. The van der Waals surface area contributed by atoms with E-state index in [1.807, 2.05) is 0 Å². The van der Waals surface area contributed by atoms with Crippen LogP contribution in [0.1, 0.15) is 160 Å². The molecule has 0 saturated heterocycles. The molecular formula is C94H100B2O7. The Balaban J connectivity index is 0.989. The van der Waals surface area contributed by atoms with E-state index in [1.54, 1.807) is 0 Å². The van der Waals surface area contributed by atoms with E-state index in [1.165, 1.54) is 99.5 Å². The van der Waals surface area contributed by atoms with Crippen molar-refractivity contribution in [3.63, 3.8) is 0 Å². The SMILES string of the molecule is CCCOc1c2cccc1Cc1cc(C#Cc3ccc(B(c4c(C)cc(C)cc4C)c4c(C)cc(C)cc4C)cc3)cc3c1OCCOCCOCCOCCOc1c(cc(C#Cc4ccc(B(c5c(C)cc(C)cc5C)c5c(C)cc(C)cc5C)cc4)cc1Cc1cccc(c1OCCC)C3)C2. The Hall–Kier alpha value is -9.47. The van der Waals surface area contributed by atoms with Crippen molar-refractivity contribution in [3.05, 3.63) is 291 Å². The lowest BCUT2D eigenvalue weighted by molar-refractivity contribution is 0.00484. The van der Waals surface area contributed by atoms with Gasteiger partial charge in [0, 0.05) is 70.2 Å². The van der Waals surface area contributed by atoms with E-state index >= 15 is 0 Å². The summed E-state index contributed by atoms with van der Waals surface area (Å²) in [5, 5.41) is 0. The Labute approximate surface area is 615 Å². The molecule has 0 unspecified atom stereocenters. The Bertz CT molecular complexity index is 4260. The predicted molar refractivity (Wildman–Crippen MR) is 429 cm³/mol. The summed E-state index contributed by atoms with van der Waals surface area (Å²) in [6.45, 7) is 35.6. The lowest BCUT2D eigenvalue weighted by Gasteiger charge is -2.24. The Morgan fingerprint density at radius 3 is 0.816 bits per heavy atom. The van der Waals surface area contributed by atoms with Gasteiger partial charge in [-0.3, -0.25) is 0 Å². The summed E-state index contributed by atoms with van der Waals surface area (Å²) in [6, 6.07) is 58.6. The molecule has 10 aromatic carbocycles. The molecule has 0 atom stereocenters. The van der Waals surface area contributed by atoms with Crippen LogP contribution in [-0.2, 0) is 39.9 Å². The molecule has 0 N–H and O–H groups in total. The van der Waals surface area contributed by atoms with E-state index in [4.69, 9.17) is 33.2 Å². The van der Waals surface area contributed by atoms with Crippen LogP contribution in [0.15, 0.2) is 158 Å². The molecular weight excluding hydrogens is 1260 g/mol. The first-order valence-electron chi connectivity index (χ1n) is 37.2. The highest BCUT2D eigenvalue weighted by molar-refractivity contribution is 6.97. The molecule has 0 spiro atoms. The molecule has 0 amide bonds. The van der Waals surface area contributed by atoms with E-state index < -0.39 is 0 Å². The Morgan fingerprint density at radius 2 is 0.553 bits per heavy atom. The highest BCUT2D eigenvalue weighted by Crippen LogP contribution is 2.40. The maximum Gasteiger partial charge on any atom is 0.242 e. The molecule has 1 heterocycles. The van der Waals surface area contributed by atoms with Gasteiger partial charge in [0.05, 0.1) is 52.9 Å². The Morgan fingerprint density at radius 1 is 0.301 bits per heavy atom.